The molecule has 0 aliphatic heterocycles. The molecular weight excluding hydrogens is 406 g/mol. The summed E-state index contributed by atoms with van der Waals surface area (Å²) < 4.78 is 27.6. The lowest BCUT2D eigenvalue weighted by Crippen LogP contribution is -2.22. The summed E-state index contributed by atoms with van der Waals surface area (Å²) in [5.74, 6) is -0.0651. The Hall–Kier alpha value is -3.24. The van der Waals surface area contributed by atoms with E-state index in [1.165, 1.54) is 20.2 Å². The topological polar surface area (TPSA) is 127 Å². The van der Waals surface area contributed by atoms with E-state index in [1.807, 2.05) is 11.6 Å². The van der Waals surface area contributed by atoms with Gasteiger partial charge in [-0.2, -0.15) is 0 Å². The van der Waals surface area contributed by atoms with Gasteiger partial charge in [0.05, 0.1) is 15.9 Å². The minimum atomic E-state index is -3.55. The monoisotopic (exact) mass is 429 g/mol. The number of anilines is 1. The number of benzene rings is 2. The molecule has 0 unspecified atom stereocenters. The molecule has 10 heteroatoms. The fourth-order valence-electron chi connectivity index (χ4n) is 2.99. The average Bonchev–Trinajstić information content (AvgIpc) is 3.02. The summed E-state index contributed by atoms with van der Waals surface area (Å²) in [6.45, 7) is 0. The molecule has 0 radical (unpaired) electrons. The number of nitrogens with one attached hydrogen (secondary N) is 1. The maximum atomic E-state index is 12.3. The summed E-state index contributed by atoms with van der Waals surface area (Å²) in [4.78, 5) is 28.0. The molecule has 158 valence electrons. The van der Waals surface area contributed by atoms with Crippen LogP contribution in [0.2, 0.25) is 0 Å². The molecule has 0 atom stereocenters. The van der Waals surface area contributed by atoms with Gasteiger partial charge < -0.3 is 15.6 Å². The highest BCUT2D eigenvalue weighted by Crippen LogP contribution is 2.22. The molecular formula is C20H23N5O4S. The van der Waals surface area contributed by atoms with Crippen molar-refractivity contribution in [1.82, 2.24) is 13.9 Å². The van der Waals surface area contributed by atoms with Crippen LogP contribution >= 0.6 is 0 Å². The molecule has 0 fully saturated rings. The molecule has 0 saturated heterocycles. The molecule has 2 aromatic carbocycles. The Bertz CT molecular complexity index is 1210. The Balaban J connectivity index is 1.72. The second-order valence-corrected chi connectivity index (χ2v) is 9.17. The number of rotatable bonds is 7. The SMILES string of the molecule is CN(C)S(=O)(=O)c1ccc2c(c1)nc(CCC(=O)Nc1ccc(C(N)=O)cc1)n2C. The third-order valence-electron chi connectivity index (χ3n) is 4.75. The molecule has 0 bridgehead atoms. The molecule has 0 aliphatic rings. The van der Waals surface area contributed by atoms with E-state index in [-0.39, 0.29) is 17.2 Å². The smallest absolute Gasteiger partial charge is 0.248 e. The number of amides is 2. The van der Waals surface area contributed by atoms with E-state index in [0.29, 0.717) is 29.0 Å². The zero-order valence-electron chi connectivity index (χ0n) is 16.9. The summed E-state index contributed by atoms with van der Waals surface area (Å²) in [5, 5.41) is 2.76. The van der Waals surface area contributed by atoms with Crippen molar-refractivity contribution in [3.63, 3.8) is 0 Å². The highest BCUT2D eigenvalue weighted by atomic mass is 32.2. The number of primary amides is 1. The summed E-state index contributed by atoms with van der Waals surface area (Å²) in [7, 11) is 1.23. The van der Waals surface area contributed by atoms with Crippen molar-refractivity contribution in [1.29, 1.82) is 0 Å². The first-order valence-electron chi connectivity index (χ1n) is 9.17. The molecule has 0 saturated carbocycles. The van der Waals surface area contributed by atoms with Gasteiger partial charge in [-0.05, 0) is 42.5 Å². The first kappa shape index (κ1) is 21.5. The van der Waals surface area contributed by atoms with Crippen LogP contribution in [0.5, 0.6) is 0 Å². The number of sulfonamides is 1. The molecule has 1 heterocycles. The van der Waals surface area contributed by atoms with Gasteiger partial charge in [0.15, 0.2) is 0 Å². The highest BCUT2D eigenvalue weighted by Gasteiger charge is 2.19. The van der Waals surface area contributed by atoms with Crippen LogP contribution < -0.4 is 11.1 Å². The molecule has 1 aromatic heterocycles. The standard InChI is InChI=1S/C20H23N5O4S/c1-24(2)30(28,29)15-8-9-17-16(12-15)23-18(25(17)3)10-11-19(26)22-14-6-4-13(5-7-14)20(21)27/h4-9,12H,10-11H2,1-3H3,(H2,21,27)(H,22,26). The lowest BCUT2D eigenvalue weighted by molar-refractivity contribution is -0.116. The van der Waals surface area contributed by atoms with E-state index < -0.39 is 15.9 Å². The number of nitrogens with zero attached hydrogens (tertiary/aromatic N) is 3. The molecule has 2 amide bonds. The van der Waals surface area contributed by atoms with Crippen molar-refractivity contribution in [2.75, 3.05) is 19.4 Å². The van der Waals surface area contributed by atoms with Crippen LogP contribution in [-0.2, 0) is 28.3 Å². The van der Waals surface area contributed by atoms with E-state index in [9.17, 15) is 18.0 Å². The number of hydrogen-bond acceptors (Lipinski definition) is 5. The predicted molar refractivity (Wildman–Crippen MR) is 113 cm³/mol. The van der Waals surface area contributed by atoms with Gasteiger partial charge in [0.2, 0.25) is 21.8 Å². The van der Waals surface area contributed by atoms with Gasteiger partial charge in [0, 0.05) is 45.2 Å². The van der Waals surface area contributed by atoms with Crippen molar-refractivity contribution < 1.29 is 18.0 Å². The van der Waals surface area contributed by atoms with Crippen molar-refractivity contribution in [2.24, 2.45) is 12.8 Å². The van der Waals surface area contributed by atoms with E-state index in [2.05, 4.69) is 10.3 Å². The molecule has 3 N–H and O–H groups in total. The van der Waals surface area contributed by atoms with Gasteiger partial charge in [0.25, 0.3) is 0 Å². The Morgan fingerprint density at radius 1 is 1.13 bits per heavy atom. The summed E-state index contributed by atoms with van der Waals surface area (Å²) in [6, 6.07) is 11.1. The summed E-state index contributed by atoms with van der Waals surface area (Å²) in [6.07, 6.45) is 0.573. The van der Waals surface area contributed by atoms with Crippen LogP contribution in [0.3, 0.4) is 0 Å². The number of carbonyl (C=O) groups excluding carboxylic acids is 2. The normalized spacial score (nSPS) is 11.7. The molecule has 30 heavy (non-hydrogen) atoms. The van der Waals surface area contributed by atoms with Crippen LogP contribution in [0.15, 0.2) is 47.4 Å². The van der Waals surface area contributed by atoms with Crippen LogP contribution in [-0.4, -0.2) is 48.2 Å². The highest BCUT2D eigenvalue weighted by molar-refractivity contribution is 7.89. The van der Waals surface area contributed by atoms with Crippen LogP contribution in [0.4, 0.5) is 5.69 Å². The molecule has 3 aromatic rings. The minimum Gasteiger partial charge on any atom is -0.366 e. The molecule has 0 aliphatic carbocycles. The van der Waals surface area contributed by atoms with Gasteiger partial charge in [0.1, 0.15) is 5.82 Å². The van der Waals surface area contributed by atoms with Crippen LogP contribution in [0.1, 0.15) is 22.6 Å². The second kappa shape index (κ2) is 8.25. The number of nitrogens with two attached hydrogens (primary N) is 1. The van der Waals surface area contributed by atoms with Crippen LogP contribution in [0.25, 0.3) is 11.0 Å². The number of aryl methyl sites for hydroxylation is 2. The van der Waals surface area contributed by atoms with E-state index in [4.69, 9.17) is 5.73 Å². The lowest BCUT2D eigenvalue weighted by atomic mass is 10.2. The third-order valence-corrected chi connectivity index (χ3v) is 6.56. The maximum absolute atomic E-state index is 12.3. The van der Waals surface area contributed by atoms with Gasteiger partial charge in [-0.3, -0.25) is 9.59 Å². The van der Waals surface area contributed by atoms with Crippen molar-refractivity contribution in [3.8, 4) is 0 Å². The van der Waals surface area contributed by atoms with Gasteiger partial charge in [-0.1, -0.05) is 0 Å². The first-order valence-corrected chi connectivity index (χ1v) is 10.6. The van der Waals surface area contributed by atoms with E-state index in [0.717, 1.165) is 9.82 Å². The van der Waals surface area contributed by atoms with Crippen molar-refractivity contribution in [2.45, 2.75) is 17.7 Å². The number of aromatic nitrogens is 2. The third kappa shape index (κ3) is 4.34. The fraction of sp³-hybridized carbons (Fsp3) is 0.250. The molecule has 3 rings (SSSR count). The van der Waals surface area contributed by atoms with Gasteiger partial charge in [-0.15, -0.1) is 0 Å². The Labute approximate surface area is 174 Å². The quantitative estimate of drug-likeness (QED) is 0.588. The van der Waals surface area contributed by atoms with Gasteiger partial charge >= 0.3 is 0 Å². The Morgan fingerprint density at radius 3 is 2.40 bits per heavy atom. The van der Waals surface area contributed by atoms with Gasteiger partial charge in [-0.25, -0.2) is 17.7 Å². The lowest BCUT2D eigenvalue weighted by Gasteiger charge is -2.10. The zero-order valence-corrected chi connectivity index (χ0v) is 17.7. The Kier molecular flexibility index (Phi) is 5.90. The number of fused-ring (bicyclic) bond motifs is 1. The van der Waals surface area contributed by atoms with Crippen molar-refractivity contribution >= 4 is 38.6 Å². The number of imidazole rings is 1. The number of hydrogen-bond donors (Lipinski definition) is 2. The molecule has 0 spiro atoms. The minimum absolute atomic E-state index is 0.168. The zero-order chi connectivity index (χ0) is 22.1. The van der Waals surface area contributed by atoms with Crippen molar-refractivity contribution in [3.05, 3.63) is 53.9 Å². The predicted octanol–water partition coefficient (Wildman–Crippen LogP) is 1.49. The average molecular weight is 430 g/mol. The largest absolute Gasteiger partial charge is 0.366 e. The summed E-state index contributed by atoms with van der Waals surface area (Å²) in [5.41, 5.74) is 7.46. The summed E-state index contributed by atoms with van der Waals surface area (Å²) >= 11 is 0. The first-order chi connectivity index (χ1) is 14.1. The fourth-order valence-corrected chi connectivity index (χ4v) is 3.91. The molecule has 9 nitrogen and oxygen atoms in total. The Morgan fingerprint density at radius 2 is 1.80 bits per heavy atom. The second-order valence-electron chi connectivity index (χ2n) is 7.01. The van der Waals surface area contributed by atoms with E-state index in [1.54, 1.807) is 36.4 Å². The van der Waals surface area contributed by atoms with E-state index >= 15 is 0 Å². The number of carbonyl (C=O) groups is 2. The van der Waals surface area contributed by atoms with Crippen LogP contribution in [0, 0.1) is 0 Å². The maximum Gasteiger partial charge on any atom is 0.248 e.